The van der Waals surface area contributed by atoms with Crippen LogP contribution in [0.25, 0.3) is 0 Å². The molecule has 0 aliphatic heterocycles. The molecule has 0 saturated heterocycles. The van der Waals surface area contributed by atoms with E-state index in [4.69, 9.17) is 11.6 Å². The van der Waals surface area contributed by atoms with Crippen molar-refractivity contribution in [3.05, 3.63) is 76.6 Å². The summed E-state index contributed by atoms with van der Waals surface area (Å²) in [6, 6.07) is 9.88. The normalized spacial score (nSPS) is 10.5. The molecule has 1 heterocycles. The number of carbonyl (C=O) groups excluding carboxylic acids is 1. The molecule has 0 aliphatic rings. The molecule has 8 heteroatoms. The minimum atomic E-state index is -0.791. The van der Waals surface area contributed by atoms with Crippen LogP contribution in [0.5, 0.6) is 0 Å². The summed E-state index contributed by atoms with van der Waals surface area (Å²) in [6.07, 6.45) is 1.32. The van der Waals surface area contributed by atoms with Gasteiger partial charge in [-0.15, -0.1) is 0 Å². The van der Waals surface area contributed by atoms with Gasteiger partial charge in [-0.05, 0) is 48.9 Å². The number of anilines is 3. The van der Waals surface area contributed by atoms with E-state index in [1.165, 1.54) is 18.3 Å². The molecule has 26 heavy (non-hydrogen) atoms. The molecule has 1 amide bonds. The lowest BCUT2D eigenvalue weighted by molar-refractivity contribution is 0.102. The van der Waals surface area contributed by atoms with Gasteiger partial charge in [-0.3, -0.25) is 4.79 Å². The number of para-hydroxylation sites is 1. The van der Waals surface area contributed by atoms with Gasteiger partial charge in [0, 0.05) is 16.9 Å². The minimum absolute atomic E-state index is 0.0357. The van der Waals surface area contributed by atoms with Crippen LogP contribution in [0.15, 0.2) is 48.7 Å². The van der Waals surface area contributed by atoms with E-state index in [0.717, 1.165) is 17.7 Å². The van der Waals surface area contributed by atoms with Crippen molar-refractivity contribution in [1.29, 1.82) is 0 Å². The summed E-state index contributed by atoms with van der Waals surface area (Å²) in [5.41, 5.74) is 1.01. The zero-order chi connectivity index (χ0) is 18.7. The first-order valence-corrected chi connectivity index (χ1v) is 7.93. The monoisotopic (exact) mass is 374 g/mol. The molecule has 1 aromatic heterocycles. The van der Waals surface area contributed by atoms with Crippen LogP contribution in [0, 0.1) is 18.6 Å². The second-order valence-corrected chi connectivity index (χ2v) is 5.84. The predicted molar refractivity (Wildman–Crippen MR) is 95.8 cm³/mol. The average molecular weight is 375 g/mol. The third kappa shape index (κ3) is 3.94. The van der Waals surface area contributed by atoms with Crippen LogP contribution in [-0.4, -0.2) is 15.9 Å². The average Bonchev–Trinajstić information content (AvgIpc) is 2.61. The Balaban J connectivity index is 1.81. The topological polar surface area (TPSA) is 66.9 Å². The summed E-state index contributed by atoms with van der Waals surface area (Å²) in [5.74, 6) is -2.18. The standard InChI is InChI=1S/C18H13ClF2N4O/c1-10-9-11(19)5-6-14(10)23-17(26)15-7-8-22-18(24-15)25-16-12(20)3-2-4-13(16)21/h2-9H,1H3,(H,23,26)(H,22,24,25). The number of rotatable bonds is 4. The van der Waals surface area contributed by atoms with Crippen LogP contribution in [-0.2, 0) is 0 Å². The van der Waals surface area contributed by atoms with Crippen molar-refractivity contribution in [2.75, 3.05) is 10.6 Å². The van der Waals surface area contributed by atoms with Crippen LogP contribution in [0.4, 0.5) is 26.1 Å². The molecule has 3 aromatic rings. The third-order valence-corrected chi connectivity index (χ3v) is 3.76. The van der Waals surface area contributed by atoms with E-state index >= 15 is 0 Å². The van der Waals surface area contributed by atoms with E-state index in [1.54, 1.807) is 25.1 Å². The van der Waals surface area contributed by atoms with Crippen molar-refractivity contribution in [2.45, 2.75) is 6.92 Å². The lowest BCUT2D eigenvalue weighted by Gasteiger charge is -2.10. The van der Waals surface area contributed by atoms with Crippen LogP contribution in [0.3, 0.4) is 0 Å². The van der Waals surface area contributed by atoms with Crippen molar-refractivity contribution in [2.24, 2.45) is 0 Å². The smallest absolute Gasteiger partial charge is 0.274 e. The second-order valence-electron chi connectivity index (χ2n) is 5.40. The van der Waals surface area contributed by atoms with Gasteiger partial charge in [0.1, 0.15) is 23.0 Å². The van der Waals surface area contributed by atoms with E-state index in [9.17, 15) is 13.6 Å². The van der Waals surface area contributed by atoms with E-state index in [0.29, 0.717) is 10.7 Å². The molecule has 0 fully saturated rings. The van der Waals surface area contributed by atoms with E-state index in [2.05, 4.69) is 20.6 Å². The molecule has 2 N–H and O–H groups in total. The van der Waals surface area contributed by atoms with Crippen LogP contribution in [0.1, 0.15) is 16.1 Å². The number of aromatic nitrogens is 2. The summed E-state index contributed by atoms with van der Waals surface area (Å²) < 4.78 is 27.4. The van der Waals surface area contributed by atoms with Gasteiger partial charge in [0.2, 0.25) is 5.95 Å². The van der Waals surface area contributed by atoms with Crippen molar-refractivity contribution >= 4 is 34.8 Å². The number of benzene rings is 2. The Morgan fingerprint density at radius 2 is 1.85 bits per heavy atom. The highest BCUT2D eigenvalue weighted by molar-refractivity contribution is 6.30. The molecular weight excluding hydrogens is 362 g/mol. The van der Waals surface area contributed by atoms with Crippen LogP contribution in [0.2, 0.25) is 5.02 Å². The zero-order valence-corrected chi connectivity index (χ0v) is 14.3. The highest BCUT2D eigenvalue weighted by atomic mass is 35.5. The highest BCUT2D eigenvalue weighted by Gasteiger charge is 2.13. The first-order chi connectivity index (χ1) is 12.4. The Hall–Kier alpha value is -3.06. The number of nitrogens with one attached hydrogen (secondary N) is 2. The number of hydrogen-bond donors (Lipinski definition) is 2. The maximum absolute atomic E-state index is 13.7. The number of hydrogen-bond acceptors (Lipinski definition) is 4. The van der Waals surface area contributed by atoms with Gasteiger partial charge in [0.25, 0.3) is 5.91 Å². The molecule has 0 atom stereocenters. The molecule has 3 rings (SSSR count). The molecule has 132 valence electrons. The Bertz CT molecular complexity index is 961. The fourth-order valence-electron chi connectivity index (χ4n) is 2.23. The minimum Gasteiger partial charge on any atom is -0.320 e. The quantitative estimate of drug-likeness (QED) is 0.694. The number of halogens is 3. The fourth-order valence-corrected chi connectivity index (χ4v) is 2.45. The van der Waals surface area contributed by atoms with E-state index in [-0.39, 0.29) is 11.6 Å². The molecular formula is C18H13ClF2N4O. The summed E-state index contributed by atoms with van der Waals surface area (Å²) >= 11 is 5.89. The van der Waals surface area contributed by atoms with E-state index in [1.807, 2.05) is 0 Å². The number of amides is 1. The Kier molecular flexibility index (Phi) is 5.09. The third-order valence-electron chi connectivity index (χ3n) is 3.52. The van der Waals surface area contributed by atoms with Crippen LogP contribution < -0.4 is 10.6 Å². The fraction of sp³-hybridized carbons (Fsp3) is 0.0556. The molecule has 0 radical (unpaired) electrons. The van der Waals surface area contributed by atoms with Crippen molar-refractivity contribution in [1.82, 2.24) is 9.97 Å². The molecule has 0 bridgehead atoms. The predicted octanol–water partition coefficient (Wildman–Crippen LogP) is 4.71. The Labute approximate surface area is 153 Å². The molecule has 0 saturated carbocycles. The summed E-state index contributed by atoms with van der Waals surface area (Å²) in [6.45, 7) is 1.80. The second kappa shape index (κ2) is 7.45. The maximum Gasteiger partial charge on any atom is 0.274 e. The molecule has 0 spiro atoms. The summed E-state index contributed by atoms with van der Waals surface area (Å²) in [4.78, 5) is 20.3. The van der Waals surface area contributed by atoms with Crippen molar-refractivity contribution in [3.8, 4) is 0 Å². The number of aryl methyl sites for hydroxylation is 1. The maximum atomic E-state index is 13.7. The number of carbonyl (C=O) groups is 1. The molecule has 2 aromatic carbocycles. The van der Waals surface area contributed by atoms with Gasteiger partial charge in [0.05, 0.1) is 0 Å². The molecule has 0 unspecified atom stereocenters. The summed E-state index contributed by atoms with van der Waals surface area (Å²) in [7, 11) is 0. The lowest BCUT2D eigenvalue weighted by Crippen LogP contribution is -2.15. The summed E-state index contributed by atoms with van der Waals surface area (Å²) in [5, 5.41) is 5.71. The first-order valence-electron chi connectivity index (χ1n) is 7.55. The van der Waals surface area contributed by atoms with Gasteiger partial charge in [-0.2, -0.15) is 0 Å². The SMILES string of the molecule is Cc1cc(Cl)ccc1NC(=O)c1ccnc(Nc2c(F)cccc2F)n1. The van der Waals surface area contributed by atoms with Gasteiger partial charge in [0.15, 0.2) is 0 Å². The Morgan fingerprint density at radius 3 is 2.54 bits per heavy atom. The highest BCUT2D eigenvalue weighted by Crippen LogP contribution is 2.22. The van der Waals surface area contributed by atoms with E-state index < -0.39 is 23.2 Å². The van der Waals surface area contributed by atoms with Gasteiger partial charge in [-0.25, -0.2) is 18.7 Å². The lowest BCUT2D eigenvalue weighted by atomic mass is 10.2. The van der Waals surface area contributed by atoms with Gasteiger partial charge in [-0.1, -0.05) is 17.7 Å². The first kappa shape index (κ1) is 17.8. The van der Waals surface area contributed by atoms with Gasteiger partial charge < -0.3 is 10.6 Å². The van der Waals surface area contributed by atoms with Crippen LogP contribution >= 0.6 is 11.6 Å². The molecule has 5 nitrogen and oxygen atoms in total. The largest absolute Gasteiger partial charge is 0.320 e. The zero-order valence-electron chi connectivity index (χ0n) is 13.6. The van der Waals surface area contributed by atoms with Crippen molar-refractivity contribution in [3.63, 3.8) is 0 Å². The van der Waals surface area contributed by atoms with Gasteiger partial charge >= 0.3 is 0 Å². The molecule has 0 aliphatic carbocycles. The van der Waals surface area contributed by atoms with Crippen molar-refractivity contribution < 1.29 is 13.6 Å². The number of nitrogens with zero attached hydrogens (tertiary/aromatic N) is 2. The Morgan fingerprint density at radius 1 is 1.12 bits per heavy atom.